The van der Waals surface area contributed by atoms with E-state index in [2.05, 4.69) is 20.6 Å². The highest BCUT2D eigenvalue weighted by atomic mass is 19.4. The molecule has 3 rings (SSSR count). The Morgan fingerprint density at radius 2 is 1.69 bits per heavy atom. The molecule has 0 saturated carbocycles. The number of amides is 1. The maximum Gasteiger partial charge on any atom is 0.416 e. The van der Waals surface area contributed by atoms with Crippen LogP contribution in [0.3, 0.4) is 0 Å². The zero-order valence-corrected chi connectivity index (χ0v) is 17.8. The minimum Gasteiger partial charge on any atom is -0.367 e. The first-order valence-corrected chi connectivity index (χ1v) is 9.99. The van der Waals surface area contributed by atoms with E-state index >= 15 is 0 Å². The standard InChI is InChI=1S/C22H24F3N5O2/c1-13(2)21(20(26)31,32-12-15-4-10-18(11-5-15)22(23,24)25)14(3)16-6-8-17(9-7-16)19-27-29-30-28-19/h4-11,13-14H,12H2,1-3H3,(H2,26,31)(H,27,28,29,30)/t14-,21?/m0/s1. The molecule has 0 aliphatic heterocycles. The molecule has 0 spiro atoms. The van der Waals surface area contributed by atoms with Gasteiger partial charge in [0, 0.05) is 11.5 Å². The average molecular weight is 447 g/mol. The van der Waals surface area contributed by atoms with Crippen LogP contribution >= 0.6 is 0 Å². The van der Waals surface area contributed by atoms with Crippen molar-refractivity contribution in [1.29, 1.82) is 0 Å². The van der Waals surface area contributed by atoms with Crippen molar-refractivity contribution in [1.82, 2.24) is 20.6 Å². The Hall–Kier alpha value is -3.27. The summed E-state index contributed by atoms with van der Waals surface area (Å²) in [6, 6.07) is 11.9. The summed E-state index contributed by atoms with van der Waals surface area (Å²) in [7, 11) is 0. The quantitative estimate of drug-likeness (QED) is 0.541. The van der Waals surface area contributed by atoms with Crippen molar-refractivity contribution in [2.75, 3.05) is 0 Å². The predicted molar refractivity (Wildman–Crippen MR) is 111 cm³/mol. The van der Waals surface area contributed by atoms with Crippen molar-refractivity contribution < 1.29 is 22.7 Å². The molecule has 2 atom stereocenters. The molecule has 170 valence electrons. The van der Waals surface area contributed by atoms with Crippen LogP contribution in [0, 0.1) is 5.92 Å². The van der Waals surface area contributed by atoms with Crippen molar-refractivity contribution in [3.05, 3.63) is 65.2 Å². The van der Waals surface area contributed by atoms with E-state index in [1.165, 1.54) is 12.1 Å². The Labute approximate surface area is 183 Å². The third kappa shape index (κ3) is 4.64. The van der Waals surface area contributed by atoms with E-state index in [-0.39, 0.29) is 12.5 Å². The normalized spacial score (nSPS) is 14.8. The molecule has 0 saturated heterocycles. The lowest BCUT2D eigenvalue weighted by atomic mass is 9.75. The van der Waals surface area contributed by atoms with Crippen molar-refractivity contribution >= 4 is 5.91 Å². The number of carbonyl (C=O) groups is 1. The molecule has 0 radical (unpaired) electrons. The molecular formula is C22H24F3N5O2. The van der Waals surface area contributed by atoms with E-state index in [1.807, 2.05) is 32.9 Å². The average Bonchev–Trinajstić information content (AvgIpc) is 3.28. The van der Waals surface area contributed by atoms with Crippen LogP contribution in [-0.2, 0) is 22.3 Å². The Morgan fingerprint density at radius 1 is 1.06 bits per heavy atom. The highest BCUT2D eigenvalue weighted by Gasteiger charge is 2.47. The number of hydrogen-bond donors (Lipinski definition) is 2. The molecule has 3 N–H and O–H groups in total. The summed E-state index contributed by atoms with van der Waals surface area (Å²) in [5.74, 6) is -0.947. The van der Waals surface area contributed by atoms with Crippen molar-refractivity contribution in [2.24, 2.45) is 11.7 Å². The van der Waals surface area contributed by atoms with Gasteiger partial charge in [0.25, 0.3) is 5.91 Å². The first-order valence-electron chi connectivity index (χ1n) is 9.99. The lowest BCUT2D eigenvalue weighted by Gasteiger charge is -2.40. The van der Waals surface area contributed by atoms with Crippen LogP contribution in [0.15, 0.2) is 48.5 Å². The number of H-pyrrole nitrogens is 1. The number of aromatic amines is 1. The van der Waals surface area contributed by atoms with Gasteiger partial charge in [-0.25, -0.2) is 0 Å². The second-order valence-corrected chi connectivity index (χ2v) is 7.87. The number of aromatic nitrogens is 4. The molecule has 10 heteroatoms. The Morgan fingerprint density at radius 3 is 2.16 bits per heavy atom. The number of benzene rings is 2. The summed E-state index contributed by atoms with van der Waals surface area (Å²) in [5.41, 5.74) is 5.74. The largest absolute Gasteiger partial charge is 0.416 e. The van der Waals surface area contributed by atoms with E-state index in [4.69, 9.17) is 10.5 Å². The van der Waals surface area contributed by atoms with E-state index in [9.17, 15) is 18.0 Å². The molecule has 7 nitrogen and oxygen atoms in total. The van der Waals surface area contributed by atoms with Crippen LogP contribution in [0.4, 0.5) is 13.2 Å². The van der Waals surface area contributed by atoms with E-state index < -0.39 is 29.2 Å². The smallest absolute Gasteiger partial charge is 0.367 e. The predicted octanol–water partition coefficient (Wildman–Crippen LogP) is 4.09. The summed E-state index contributed by atoms with van der Waals surface area (Å²) < 4.78 is 44.5. The number of nitrogens with two attached hydrogens (primary N) is 1. The fourth-order valence-corrected chi connectivity index (χ4v) is 3.81. The zero-order chi connectivity index (χ0) is 23.5. The molecule has 0 aliphatic rings. The highest BCUT2D eigenvalue weighted by molar-refractivity contribution is 5.85. The van der Waals surface area contributed by atoms with Gasteiger partial charge in [-0.05, 0) is 34.4 Å². The third-order valence-electron chi connectivity index (χ3n) is 5.66. The fraction of sp³-hybridized carbons (Fsp3) is 0.364. The maximum atomic E-state index is 12.8. The van der Waals surface area contributed by atoms with Gasteiger partial charge >= 0.3 is 6.18 Å². The summed E-state index contributed by atoms with van der Waals surface area (Å²) in [6.45, 7) is 5.41. The van der Waals surface area contributed by atoms with Gasteiger partial charge in [0.1, 0.15) is 0 Å². The first-order chi connectivity index (χ1) is 15.1. The molecule has 32 heavy (non-hydrogen) atoms. The van der Waals surface area contributed by atoms with Gasteiger partial charge in [-0.15, -0.1) is 10.2 Å². The number of ether oxygens (including phenoxy) is 1. The van der Waals surface area contributed by atoms with Crippen LogP contribution in [0.25, 0.3) is 11.4 Å². The van der Waals surface area contributed by atoms with Crippen molar-refractivity contribution in [3.63, 3.8) is 0 Å². The Bertz CT molecular complexity index is 1030. The molecule has 0 fully saturated rings. The molecule has 0 bridgehead atoms. The third-order valence-corrected chi connectivity index (χ3v) is 5.66. The lowest BCUT2D eigenvalue weighted by Crippen LogP contribution is -2.54. The van der Waals surface area contributed by atoms with Gasteiger partial charge in [-0.1, -0.05) is 57.2 Å². The number of rotatable bonds is 8. The van der Waals surface area contributed by atoms with Gasteiger partial charge in [0.15, 0.2) is 5.60 Å². The zero-order valence-electron chi connectivity index (χ0n) is 17.8. The lowest BCUT2D eigenvalue weighted by molar-refractivity contribution is -0.157. The molecule has 1 heterocycles. The summed E-state index contributed by atoms with van der Waals surface area (Å²) in [6.07, 6.45) is -4.42. The summed E-state index contributed by atoms with van der Waals surface area (Å²) >= 11 is 0. The van der Waals surface area contributed by atoms with Gasteiger partial charge in [-0.2, -0.15) is 18.4 Å². The van der Waals surface area contributed by atoms with E-state index in [0.29, 0.717) is 11.4 Å². The van der Waals surface area contributed by atoms with Crippen LogP contribution < -0.4 is 5.73 Å². The Kier molecular flexibility index (Phi) is 6.63. The Balaban J connectivity index is 1.85. The topological polar surface area (TPSA) is 107 Å². The molecule has 2 aromatic carbocycles. The number of hydrogen-bond acceptors (Lipinski definition) is 5. The molecule has 1 aromatic heterocycles. The van der Waals surface area contributed by atoms with Gasteiger partial charge in [0.05, 0.1) is 12.2 Å². The number of tetrazole rings is 1. The summed E-state index contributed by atoms with van der Waals surface area (Å²) in [4.78, 5) is 12.7. The SMILES string of the molecule is CC(C)C(OCc1ccc(C(F)(F)F)cc1)(C(N)=O)[C@@H](C)c1ccc(-c2nn[nH]n2)cc1. The minimum absolute atomic E-state index is 0.0649. The maximum absolute atomic E-state index is 12.8. The van der Waals surface area contributed by atoms with E-state index in [1.54, 1.807) is 12.1 Å². The molecule has 1 unspecified atom stereocenters. The second-order valence-electron chi connectivity index (χ2n) is 7.87. The number of halogens is 3. The van der Waals surface area contributed by atoms with Gasteiger partial charge in [-0.3, -0.25) is 4.79 Å². The van der Waals surface area contributed by atoms with Crippen molar-refractivity contribution in [3.8, 4) is 11.4 Å². The van der Waals surface area contributed by atoms with E-state index in [0.717, 1.165) is 23.3 Å². The van der Waals surface area contributed by atoms with Crippen LogP contribution in [-0.4, -0.2) is 32.1 Å². The fourth-order valence-electron chi connectivity index (χ4n) is 3.81. The van der Waals surface area contributed by atoms with Gasteiger partial charge < -0.3 is 10.5 Å². The van der Waals surface area contributed by atoms with Crippen LogP contribution in [0.2, 0.25) is 0 Å². The molecule has 1 amide bonds. The highest BCUT2D eigenvalue weighted by Crippen LogP contribution is 2.39. The number of alkyl halides is 3. The number of nitrogens with one attached hydrogen (secondary N) is 1. The number of carbonyl (C=O) groups excluding carboxylic acids is 1. The van der Waals surface area contributed by atoms with Crippen molar-refractivity contribution in [2.45, 2.75) is 45.1 Å². The number of nitrogens with zero attached hydrogens (tertiary/aromatic N) is 3. The first kappa shape index (κ1) is 23.4. The minimum atomic E-state index is -4.42. The molecular weight excluding hydrogens is 423 g/mol. The van der Waals surface area contributed by atoms with Crippen LogP contribution in [0.1, 0.15) is 43.4 Å². The number of primary amides is 1. The van der Waals surface area contributed by atoms with Crippen LogP contribution in [0.5, 0.6) is 0 Å². The summed E-state index contributed by atoms with van der Waals surface area (Å²) in [5, 5.41) is 13.8. The molecule has 0 aliphatic carbocycles. The second kappa shape index (κ2) is 9.07. The monoisotopic (exact) mass is 447 g/mol. The molecule has 3 aromatic rings. The van der Waals surface area contributed by atoms with Gasteiger partial charge in [0.2, 0.25) is 5.82 Å².